The Kier molecular flexibility index (Phi) is 5.15. The second-order valence-electron chi connectivity index (χ2n) is 3.17. The molecule has 0 bridgehead atoms. The van der Waals surface area contributed by atoms with Crippen LogP contribution in [0.25, 0.3) is 0 Å². The van der Waals surface area contributed by atoms with Gasteiger partial charge in [0.1, 0.15) is 4.49 Å². The average molecular weight is 197 g/mol. The molecule has 3 heteroatoms. The molecule has 0 rings (SSSR count). The molecule has 0 fully saturated rings. The van der Waals surface area contributed by atoms with Gasteiger partial charge in [0, 0.05) is 13.7 Å². The molecule has 0 aliphatic rings. The van der Waals surface area contributed by atoms with Crippen LogP contribution in [0.1, 0.15) is 20.3 Å². The first-order valence-electron chi connectivity index (χ1n) is 3.51. The lowest BCUT2D eigenvalue weighted by molar-refractivity contribution is 0.168. The van der Waals surface area contributed by atoms with Gasteiger partial charge in [0.15, 0.2) is 0 Å². The fraction of sp³-hybridized carbons (Fsp3) is 0.750. The summed E-state index contributed by atoms with van der Waals surface area (Å²) >= 11 is 11.1. The first-order valence-corrected chi connectivity index (χ1v) is 4.26. The van der Waals surface area contributed by atoms with Gasteiger partial charge in [0.2, 0.25) is 0 Å². The molecule has 0 radical (unpaired) electrons. The molecule has 0 heterocycles. The maximum Gasteiger partial charge on any atom is 0.103 e. The summed E-state index contributed by atoms with van der Waals surface area (Å²) in [6.07, 6.45) is 2.75. The maximum absolute atomic E-state index is 5.53. The van der Waals surface area contributed by atoms with Crippen molar-refractivity contribution >= 4 is 23.2 Å². The van der Waals surface area contributed by atoms with Crippen LogP contribution in [0.5, 0.6) is 0 Å². The number of hydrogen-bond donors (Lipinski definition) is 0. The zero-order valence-electron chi connectivity index (χ0n) is 7.16. The highest BCUT2D eigenvalue weighted by molar-refractivity contribution is 6.55. The molecule has 66 valence electrons. The van der Waals surface area contributed by atoms with Crippen LogP contribution in [0.4, 0.5) is 0 Å². The van der Waals surface area contributed by atoms with Crippen molar-refractivity contribution in [2.24, 2.45) is 5.41 Å². The lowest BCUT2D eigenvalue weighted by Crippen LogP contribution is -2.10. The molecule has 0 amide bonds. The molecule has 0 aliphatic carbocycles. The minimum Gasteiger partial charge on any atom is -0.385 e. The standard InChI is InChI=1S/C8H14Cl2O/c1-8(2,4-5-11-3)6-7(9)10/h6H,4-5H2,1-3H3. The van der Waals surface area contributed by atoms with Gasteiger partial charge in [-0.2, -0.15) is 0 Å². The van der Waals surface area contributed by atoms with Crippen molar-refractivity contribution in [3.8, 4) is 0 Å². The van der Waals surface area contributed by atoms with Crippen molar-refractivity contribution in [3.05, 3.63) is 10.6 Å². The van der Waals surface area contributed by atoms with Crippen LogP contribution in [0.3, 0.4) is 0 Å². The first-order chi connectivity index (χ1) is 4.98. The topological polar surface area (TPSA) is 9.23 Å². The van der Waals surface area contributed by atoms with E-state index < -0.39 is 0 Å². The van der Waals surface area contributed by atoms with Gasteiger partial charge in [-0.15, -0.1) is 0 Å². The zero-order chi connectivity index (χ0) is 8.91. The number of halogens is 2. The third-order valence-electron chi connectivity index (χ3n) is 1.45. The minimum atomic E-state index is 0.0227. The van der Waals surface area contributed by atoms with E-state index in [1.807, 2.05) is 6.08 Å². The molecule has 0 atom stereocenters. The van der Waals surface area contributed by atoms with E-state index >= 15 is 0 Å². The Morgan fingerprint density at radius 2 is 2.00 bits per heavy atom. The average Bonchev–Trinajstić information content (AvgIpc) is 1.81. The summed E-state index contributed by atoms with van der Waals surface area (Å²) in [5.41, 5.74) is 0.0227. The van der Waals surface area contributed by atoms with Gasteiger partial charge in [-0.25, -0.2) is 0 Å². The van der Waals surface area contributed by atoms with E-state index in [1.54, 1.807) is 7.11 Å². The number of ether oxygens (including phenoxy) is 1. The quantitative estimate of drug-likeness (QED) is 0.671. The van der Waals surface area contributed by atoms with Crippen LogP contribution in [0.15, 0.2) is 10.6 Å². The molecule has 0 spiro atoms. The molecule has 0 saturated carbocycles. The van der Waals surface area contributed by atoms with Gasteiger partial charge in [0.25, 0.3) is 0 Å². The molecule has 0 N–H and O–H groups in total. The van der Waals surface area contributed by atoms with Gasteiger partial charge >= 0.3 is 0 Å². The van der Waals surface area contributed by atoms with Crippen molar-refractivity contribution in [2.45, 2.75) is 20.3 Å². The van der Waals surface area contributed by atoms with Crippen LogP contribution in [0.2, 0.25) is 0 Å². The molecular formula is C8H14Cl2O. The molecule has 0 aliphatic heterocycles. The van der Waals surface area contributed by atoms with Crippen LogP contribution >= 0.6 is 23.2 Å². The van der Waals surface area contributed by atoms with Crippen molar-refractivity contribution in [3.63, 3.8) is 0 Å². The highest BCUT2D eigenvalue weighted by Crippen LogP contribution is 2.26. The van der Waals surface area contributed by atoms with E-state index in [1.165, 1.54) is 0 Å². The summed E-state index contributed by atoms with van der Waals surface area (Å²) in [5, 5.41) is 0. The van der Waals surface area contributed by atoms with Crippen LogP contribution in [0, 0.1) is 5.41 Å². The maximum atomic E-state index is 5.53. The predicted molar refractivity (Wildman–Crippen MR) is 50.1 cm³/mol. The summed E-state index contributed by atoms with van der Waals surface area (Å²) in [6, 6.07) is 0. The molecule has 0 aromatic carbocycles. The van der Waals surface area contributed by atoms with Crippen molar-refractivity contribution in [2.75, 3.05) is 13.7 Å². The number of rotatable bonds is 4. The molecule has 0 unspecified atom stereocenters. The van der Waals surface area contributed by atoms with Crippen molar-refractivity contribution in [1.82, 2.24) is 0 Å². The van der Waals surface area contributed by atoms with Gasteiger partial charge in [-0.1, -0.05) is 37.0 Å². The van der Waals surface area contributed by atoms with Crippen LogP contribution in [-0.2, 0) is 4.74 Å². The second-order valence-corrected chi connectivity index (χ2v) is 4.17. The summed E-state index contributed by atoms with van der Waals surface area (Å²) in [7, 11) is 1.68. The van der Waals surface area contributed by atoms with Crippen LogP contribution < -0.4 is 0 Å². The second kappa shape index (κ2) is 5.02. The summed E-state index contributed by atoms with van der Waals surface area (Å²) in [6.45, 7) is 4.86. The van der Waals surface area contributed by atoms with Crippen molar-refractivity contribution < 1.29 is 4.74 Å². The Balaban J connectivity index is 3.90. The number of allylic oxidation sites excluding steroid dienone is 1. The molecular weight excluding hydrogens is 183 g/mol. The third kappa shape index (κ3) is 6.67. The number of methoxy groups -OCH3 is 1. The first kappa shape index (κ1) is 11.3. The Bertz CT molecular complexity index is 137. The van der Waals surface area contributed by atoms with Gasteiger partial charge in [0.05, 0.1) is 0 Å². The molecule has 0 aromatic rings. The summed E-state index contributed by atoms with van der Waals surface area (Å²) in [4.78, 5) is 0. The third-order valence-corrected chi connectivity index (χ3v) is 1.67. The molecule has 1 nitrogen and oxygen atoms in total. The van der Waals surface area contributed by atoms with E-state index in [0.717, 1.165) is 13.0 Å². The van der Waals surface area contributed by atoms with Crippen LogP contribution in [-0.4, -0.2) is 13.7 Å². The summed E-state index contributed by atoms with van der Waals surface area (Å²) < 4.78 is 5.27. The van der Waals surface area contributed by atoms with Gasteiger partial charge in [-0.3, -0.25) is 0 Å². The summed E-state index contributed by atoms with van der Waals surface area (Å²) in [5.74, 6) is 0. The largest absolute Gasteiger partial charge is 0.385 e. The van der Waals surface area contributed by atoms with Gasteiger partial charge < -0.3 is 4.74 Å². The smallest absolute Gasteiger partial charge is 0.103 e. The predicted octanol–water partition coefficient (Wildman–Crippen LogP) is 3.37. The Hall–Kier alpha value is 0.280. The Morgan fingerprint density at radius 1 is 1.45 bits per heavy atom. The lowest BCUT2D eigenvalue weighted by atomic mass is 9.90. The number of hydrogen-bond acceptors (Lipinski definition) is 1. The molecule has 0 aromatic heterocycles. The Morgan fingerprint density at radius 3 is 2.36 bits per heavy atom. The van der Waals surface area contributed by atoms with E-state index in [-0.39, 0.29) is 5.41 Å². The fourth-order valence-electron chi connectivity index (χ4n) is 0.733. The Labute approximate surface area is 78.3 Å². The van der Waals surface area contributed by atoms with Gasteiger partial charge in [-0.05, 0) is 17.9 Å². The minimum absolute atomic E-state index is 0.0227. The van der Waals surface area contributed by atoms with E-state index in [4.69, 9.17) is 27.9 Å². The van der Waals surface area contributed by atoms with Crippen molar-refractivity contribution in [1.29, 1.82) is 0 Å². The van der Waals surface area contributed by atoms with E-state index in [9.17, 15) is 0 Å². The SMILES string of the molecule is COCCC(C)(C)C=C(Cl)Cl. The monoisotopic (exact) mass is 196 g/mol. The van der Waals surface area contributed by atoms with E-state index in [2.05, 4.69) is 13.8 Å². The highest BCUT2D eigenvalue weighted by atomic mass is 35.5. The fourth-order valence-corrected chi connectivity index (χ4v) is 1.32. The normalized spacial score (nSPS) is 11.4. The molecule has 11 heavy (non-hydrogen) atoms. The lowest BCUT2D eigenvalue weighted by Gasteiger charge is -2.18. The van der Waals surface area contributed by atoms with E-state index in [0.29, 0.717) is 4.49 Å². The molecule has 0 saturated heterocycles. The highest BCUT2D eigenvalue weighted by Gasteiger charge is 2.14. The zero-order valence-corrected chi connectivity index (χ0v) is 8.67.